The van der Waals surface area contributed by atoms with Crippen LogP contribution in [0, 0.1) is 0 Å². The highest BCUT2D eigenvalue weighted by molar-refractivity contribution is 8.76. The van der Waals surface area contributed by atoms with Crippen LogP contribution >= 0.6 is 55.8 Å². The molecule has 518 valence electrons. The highest BCUT2D eigenvalue weighted by Crippen LogP contribution is 2.46. The third-order valence-corrected chi connectivity index (χ3v) is 22.6. The molecule has 0 atom stereocenters. The van der Waals surface area contributed by atoms with Gasteiger partial charge in [-0.3, -0.25) is 0 Å². The maximum atomic E-state index is 13.1. The summed E-state index contributed by atoms with van der Waals surface area (Å²) in [5, 5.41) is 20.0. The van der Waals surface area contributed by atoms with Crippen LogP contribution in [0.3, 0.4) is 0 Å². The molecule has 10 aliphatic rings. The van der Waals surface area contributed by atoms with E-state index in [0.717, 1.165) is 121 Å². The minimum atomic E-state index is -0.602. The molecule has 0 radical (unpaired) electrons. The van der Waals surface area contributed by atoms with E-state index < -0.39 is 11.6 Å². The van der Waals surface area contributed by atoms with E-state index in [1.807, 2.05) is 200 Å². The number of carbonyl (C=O) groups is 1. The molecule has 7 aromatic carbocycles. The fraction of sp³-hybridized carbons (Fsp3) is 0.0341. The Balaban J connectivity index is 0.000000131. The number of aromatic hydroxyl groups is 2. The van der Waals surface area contributed by atoms with Crippen LogP contribution in [0.2, 0.25) is 0 Å². The van der Waals surface area contributed by atoms with Gasteiger partial charge in [-0.15, -0.1) is 11.7 Å². The van der Waals surface area contributed by atoms with E-state index in [-0.39, 0.29) is 47.1 Å². The summed E-state index contributed by atoms with van der Waals surface area (Å²) >= 11 is 5.84. The van der Waals surface area contributed by atoms with Gasteiger partial charge in [-0.05, 0) is 166 Å². The number of phenols is 2. The molecule has 5 heterocycles. The van der Waals surface area contributed by atoms with Crippen molar-refractivity contribution in [3.63, 3.8) is 0 Å². The van der Waals surface area contributed by atoms with Crippen LogP contribution < -0.4 is 27.2 Å². The van der Waals surface area contributed by atoms with Gasteiger partial charge in [0.15, 0.2) is 0 Å². The van der Waals surface area contributed by atoms with Crippen LogP contribution in [0.25, 0.3) is 101 Å². The normalized spacial score (nSPS) is 12.0. The lowest BCUT2D eigenvalue weighted by Crippen LogP contribution is -2.08. The van der Waals surface area contributed by atoms with Gasteiger partial charge in [0, 0.05) is 70.6 Å². The van der Waals surface area contributed by atoms with Gasteiger partial charge in [0.1, 0.15) is 40.3 Å². The summed E-state index contributed by atoms with van der Waals surface area (Å²) in [6.07, 6.45) is 7.74. The summed E-state index contributed by atoms with van der Waals surface area (Å²) in [6.45, 7) is 0. The van der Waals surface area contributed by atoms with Gasteiger partial charge in [0.2, 0.25) is 0 Å². The summed E-state index contributed by atoms with van der Waals surface area (Å²) in [4.78, 5) is 71.7. The molecule has 6 aliphatic carbocycles. The van der Waals surface area contributed by atoms with E-state index >= 15 is 0 Å². The molecule has 18 heteroatoms. The summed E-state index contributed by atoms with van der Waals surface area (Å²) in [6, 6.07) is 83.1. The number of allylic oxidation sites excluding steroid dienone is 2. The van der Waals surface area contributed by atoms with Crippen LogP contribution in [0.1, 0.15) is 51.2 Å². The molecule has 1 aromatic heterocycles. The maximum absolute atomic E-state index is 13.1. The monoisotopic (exact) mass is 1480 g/mol. The van der Waals surface area contributed by atoms with Crippen LogP contribution in [0.5, 0.6) is 17.2 Å². The predicted molar refractivity (Wildman–Crippen MR) is 428 cm³/mol. The third-order valence-electron chi connectivity index (χ3n) is 18.1. The minimum absolute atomic E-state index is 0. The third kappa shape index (κ3) is 14.2. The van der Waals surface area contributed by atoms with E-state index in [0.29, 0.717) is 55.8 Å². The Labute approximate surface area is 628 Å². The van der Waals surface area contributed by atoms with Crippen molar-refractivity contribution in [2.75, 3.05) is 0 Å². The number of furan rings is 4. The first kappa shape index (κ1) is 69.8. The zero-order valence-electron chi connectivity index (χ0n) is 55.1. The van der Waals surface area contributed by atoms with E-state index in [2.05, 4.69) is 47.0 Å². The number of thiol groups is 1. The maximum Gasteiger partial charge on any atom is 0.344 e. The Kier molecular flexibility index (Phi) is 20.0. The van der Waals surface area contributed by atoms with Gasteiger partial charge in [-0.1, -0.05) is 221 Å². The van der Waals surface area contributed by atoms with Crippen LogP contribution in [0.15, 0.2) is 347 Å². The number of nitrogens with one attached hydrogen (secondary N) is 1. The summed E-state index contributed by atoms with van der Waals surface area (Å²) in [5.74, 6) is 1.87. The molecule has 0 saturated heterocycles. The molecular formula is C88H59NO12S5. The standard InChI is InChI=1S/C38H23NO4S2.C25H16O5S2.C24H16O3S.CH4/c40-37-35(24-8-2-1-3-9-24)29-13-6-10-26(20-33(29)42-37)44-45-27-11-7-14-30-34(21-27)43-38(41)36(30)25-18-16-23(17-19-25)31-22-39-32-15-5-4-12-28(31)32;26-16-8-5-15(6-9-16)24(27)30-21-13-20-19(11-12-22(21)32-31)23(25(28)29-20)18-10-7-14-3-1-2-4-17(14)18;25-16-9-11-17(12-10-16)28-18-5-3-7-21-22(14-18)27-24(26)23(21)20-13-8-15-4-1-2-6-19(15)20;/h1-22,39H;1-6,8-13,26,31H,7H2;1-7,9-14,25H,8H2;1H4. The molecule has 0 fully saturated rings. The largest absolute Gasteiger partial charge is 0.508 e. The Hall–Kier alpha value is -11.9. The van der Waals surface area contributed by atoms with Gasteiger partial charge in [-0.25, -0.2) is 24.0 Å². The molecule has 0 amide bonds. The van der Waals surface area contributed by atoms with Crippen molar-refractivity contribution in [1.29, 1.82) is 0 Å². The second-order valence-electron chi connectivity index (χ2n) is 24.5. The molecule has 3 N–H and O–H groups in total. The van der Waals surface area contributed by atoms with Crippen molar-refractivity contribution in [2.45, 2.75) is 44.7 Å². The number of aromatic amines is 1. The van der Waals surface area contributed by atoms with Gasteiger partial charge < -0.3 is 37.6 Å². The number of H-pyrrole nitrogens is 1. The number of esters is 1. The number of aromatic nitrogens is 1. The Morgan fingerprint density at radius 1 is 0.406 bits per heavy atom. The van der Waals surface area contributed by atoms with Crippen molar-refractivity contribution < 1.29 is 37.4 Å². The smallest absolute Gasteiger partial charge is 0.344 e. The average Bonchev–Trinajstić information content (AvgIpc) is 1.62. The minimum Gasteiger partial charge on any atom is -0.508 e. The van der Waals surface area contributed by atoms with E-state index in [1.165, 1.54) is 51.4 Å². The number of benzene rings is 7. The van der Waals surface area contributed by atoms with Gasteiger partial charge >= 0.3 is 28.5 Å². The first-order valence-corrected chi connectivity index (χ1v) is 38.0. The quantitative estimate of drug-likeness (QED) is 0.0482. The first-order chi connectivity index (χ1) is 51.4. The van der Waals surface area contributed by atoms with Crippen LogP contribution in [-0.2, 0) is 12.8 Å². The number of carbonyl (C=O) groups excluding carboxylic acids is 1. The van der Waals surface area contributed by atoms with Gasteiger partial charge in [-0.2, -0.15) is 0 Å². The Morgan fingerprint density at radius 2 is 0.849 bits per heavy atom. The number of ether oxygens (including phenoxy) is 1. The average molecular weight is 1480 g/mol. The van der Waals surface area contributed by atoms with Gasteiger partial charge in [0.25, 0.3) is 0 Å². The van der Waals surface area contributed by atoms with Crippen molar-refractivity contribution in [3.05, 3.63) is 366 Å². The fourth-order valence-electron chi connectivity index (χ4n) is 13.2. The molecule has 106 heavy (non-hydrogen) atoms. The fourth-order valence-corrected chi connectivity index (χ4v) is 16.8. The van der Waals surface area contributed by atoms with Crippen molar-refractivity contribution in [1.82, 2.24) is 4.98 Å². The van der Waals surface area contributed by atoms with Crippen LogP contribution in [-0.4, -0.2) is 21.2 Å². The van der Waals surface area contributed by atoms with Gasteiger partial charge in [0.05, 0.1) is 32.7 Å². The number of hydrogen-bond acceptors (Lipinski definition) is 17. The SMILES string of the molecule is C.O=C(Oc1cc2oc(=O)c(C3=CCc4ccccc43)c-2ccc1SS)c1ccc(O)cc1.O=c1oc2cc(SSc3cccc4c(-c5ccc(-c6c[nH]c7ccccc67)cc5)c(=O)oc-4c3)cccc-2c1-c1ccccc1.O=c1oc2cc(Sc3ccc(O)cc3)cccc-2c1C1=CCc2ccccc21. The Morgan fingerprint density at radius 3 is 1.42 bits per heavy atom. The lowest BCUT2D eigenvalue weighted by atomic mass is 9.97. The predicted octanol–water partition coefficient (Wildman–Crippen LogP) is 21.9. The number of hydrogen-bond donors (Lipinski definition) is 4. The molecular weight excluding hydrogens is 1420 g/mol. The number of rotatable bonds is 13. The second kappa shape index (κ2) is 30.4. The molecule has 18 rings (SSSR count). The summed E-state index contributed by atoms with van der Waals surface area (Å²) < 4.78 is 28.2. The number of fused-ring (bicyclic) bond motifs is 7. The summed E-state index contributed by atoms with van der Waals surface area (Å²) in [7, 11) is 4.19. The summed E-state index contributed by atoms with van der Waals surface area (Å²) in [5.41, 5.74) is 15.3. The first-order valence-electron chi connectivity index (χ1n) is 33.1. The highest BCUT2D eigenvalue weighted by atomic mass is 33.1. The number of phenolic OH excluding ortho intramolecular Hbond substituents is 2. The topological polar surface area (TPSA) is 203 Å². The van der Waals surface area contributed by atoms with E-state index in [4.69, 9.17) is 22.4 Å². The lowest BCUT2D eigenvalue weighted by Gasteiger charge is -2.06. The van der Waals surface area contributed by atoms with E-state index in [1.54, 1.807) is 42.1 Å². The second-order valence-corrected chi connectivity index (χ2v) is 29.1. The molecule has 0 spiro atoms. The molecule has 13 nitrogen and oxygen atoms in total. The zero-order chi connectivity index (χ0) is 71.7. The van der Waals surface area contributed by atoms with Crippen molar-refractivity contribution in [2.24, 2.45) is 0 Å². The molecule has 8 aromatic rings. The zero-order valence-corrected chi connectivity index (χ0v) is 59.3. The molecule has 4 aliphatic heterocycles. The highest BCUT2D eigenvalue weighted by Gasteiger charge is 2.29. The molecule has 0 bridgehead atoms. The number of para-hydroxylation sites is 1. The molecule has 0 saturated carbocycles. The van der Waals surface area contributed by atoms with E-state index in [9.17, 15) is 34.2 Å². The molecule has 0 unspecified atom stereocenters. The van der Waals surface area contributed by atoms with Crippen molar-refractivity contribution >= 4 is 83.8 Å². The van der Waals surface area contributed by atoms with Crippen LogP contribution in [0.4, 0.5) is 0 Å². The lowest BCUT2D eigenvalue weighted by molar-refractivity contribution is 0.0730. The van der Waals surface area contributed by atoms with Crippen molar-refractivity contribution in [3.8, 4) is 95.9 Å². The Bertz CT molecular complexity index is 6170.